The Morgan fingerprint density at radius 1 is 0.949 bits per heavy atom. The van der Waals surface area contributed by atoms with E-state index in [1.54, 1.807) is 42.5 Å². The van der Waals surface area contributed by atoms with Crippen LogP contribution >= 0.6 is 27.5 Å². The number of carbonyl (C=O) groups excluding carboxylic acids is 2. The lowest BCUT2D eigenvalue weighted by Crippen LogP contribution is -2.56. The Hall–Kier alpha value is -2.88. The summed E-state index contributed by atoms with van der Waals surface area (Å²) >= 11 is 9.63. The third kappa shape index (κ3) is 9.08. The van der Waals surface area contributed by atoms with Crippen molar-refractivity contribution >= 4 is 55.1 Å². The van der Waals surface area contributed by atoms with Crippen molar-refractivity contribution in [3.8, 4) is 0 Å². The molecule has 208 valence electrons. The van der Waals surface area contributed by atoms with E-state index in [4.69, 9.17) is 11.6 Å². The number of rotatable bonds is 10. The molecule has 0 fully saturated rings. The van der Waals surface area contributed by atoms with Crippen molar-refractivity contribution in [2.45, 2.75) is 45.3 Å². The summed E-state index contributed by atoms with van der Waals surface area (Å²) in [4.78, 5) is 29.2. The van der Waals surface area contributed by atoms with Gasteiger partial charge in [0.1, 0.15) is 12.6 Å². The molecule has 1 unspecified atom stereocenters. The van der Waals surface area contributed by atoms with E-state index in [-0.39, 0.29) is 18.9 Å². The zero-order chi connectivity index (χ0) is 28.8. The van der Waals surface area contributed by atoms with Crippen molar-refractivity contribution in [3.05, 3.63) is 99.5 Å². The second-order valence-electron chi connectivity index (χ2n) is 10.3. The van der Waals surface area contributed by atoms with Crippen molar-refractivity contribution in [1.82, 2.24) is 10.2 Å². The van der Waals surface area contributed by atoms with Gasteiger partial charge in [-0.15, -0.1) is 0 Å². The number of nitrogens with one attached hydrogen (secondary N) is 1. The van der Waals surface area contributed by atoms with Crippen LogP contribution in [0.1, 0.15) is 31.9 Å². The molecule has 10 heteroatoms. The maximum atomic E-state index is 14.1. The van der Waals surface area contributed by atoms with Gasteiger partial charge in [-0.05, 0) is 72.1 Å². The lowest BCUT2D eigenvalue weighted by atomic mass is 10.0. The summed E-state index contributed by atoms with van der Waals surface area (Å²) in [6.45, 7) is 5.17. The van der Waals surface area contributed by atoms with Crippen LogP contribution in [-0.2, 0) is 32.6 Å². The molecule has 1 atom stereocenters. The van der Waals surface area contributed by atoms with E-state index in [0.29, 0.717) is 20.7 Å². The summed E-state index contributed by atoms with van der Waals surface area (Å²) in [6.07, 6.45) is 1.29. The predicted octanol–water partition coefficient (Wildman–Crippen LogP) is 5.42. The van der Waals surface area contributed by atoms with Gasteiger partial charge < -0.3 is 10.2 Å². The van der Waals surface area contributed by atoms with E-state index in [1.165, 1.54) is 4.90 Å². The third-order valence-electron chi connectivity index (χ3n) is 5.81. The highest BCUT2D eigenvalue weighted by atomic mass is 79.9. The highest BCUT2D eigenvalue weighted by molar-refractivity contribution is 9.10. The van der Waals surface area contributed by atoms with Crippen LogP contribution in [0.25, 0.3) is 0 Å². The van der Waals surface area contributed by atoms with Crippen LogP contribution in [0.4, 0.5) is 5.69 Å². The van der Waals surface area contributed by atoms with Crippen molar-refractivity contribution < 1.29 is 18.0 Å². The number of halogens is 2. The number of nitrogens with zero attached hydrogens (tertiary/aromatic N) is 2. The normalized spacial score (nSPS) is 12.5. The average molecular weight is 635 g/mol. The summed E-state index contributed by atoms with van der Waals surface area (Å²) in [5, 5.41) is 3.49. The van der Waals surface area contributed by atoms with Crippen molar-refractivity contribution in [2.75, 3.05) is 17.1 Å². The number of para-hydroxylation sites is 1. The molecular formula is C29H33BrClN3O4S. The van der Waals surface area contributed by atoms with Gasteiger partial charge in [0.2, 0.25) is 21.8 Å². The molecule has 0 spiro atoms. The molecule has 0 aliphatic rings. The molecule has 3 aromatic carbocycles. The van der Waals surface area contributed by atoms with Gasteiger partial charge in [-0.25, -0.2) is 8.42 Å². The first-order valence-electron chi connectivity index (χ1n) is 12.4. The molecule has 0 bridgehead atoms. The minimum atomic E-state index is -3.85. The maximum absolute atomic E-state index is 14.1. The second kappa shape index (κ2) is 13.0. The van der Waals surface area contributed by atoms with Gasteiger partial charge in [0.25, 0.3) is 0 Å². The van der Waals surface area contributed by atoms with Gasteiger partial charge in [0.05, 0.1) is 11.9 Å². The smallest absolute Gasteiger partial charge is 0.244 e. The SMILES string of the molecule is CC(C)(C)NC(=O)C(Cc1ccccc1)N(Cc1cccc(Cl)c1)C(=O)CN(c1ccccc1Br)S(C)(=O)=O. The van der Waals surface area contributed by atoms with Crippen molar-refractivity contribution in [3.63, 3.8) is 0 Å². The van der Waals surface area contributed by atoms with E-state index in [2.05, 4.69) is 21.2 Å². The number of amides is 2. The zero-order valence-corrected chi connectivity index (χ0v) is 25.6. The average Bonchev–Trinajstić information content (AvgIpc) is 2.84. The van der Waals surface area contributed by atoms with E-state index < -0.39 is 34.1 Å². The number of hydrogen-bond acceptors (Lipinski definition) is 4. The van der Waals surface area contributed by atoms with E-state index >= 15 is 0 Å². The Kier molecular flexibility index (Phi) is 10.2. The van der Waals surface area contributed by atoms with E-state index in [0.717, 1.165) is 16.1 Å². The van der Waals surface area contributed by atoms with Crippen LogP contribution in [0.3, 0.4) is 0 Å². The third-order valence-corrected chi connectivity index (χ3v) is 7.84. The number of anilines is 1. The number of carbonyl (C=O) groups is 2. The highest BCUT2D eigenvalue weighted by Crippen LogP contribution is 2.28. The van der Waals surface area contributed by atoms with Crippen LogP contribution in [0.2, 0.25) is 5.02 Å². The zero-order valence-electron chi connectivity index (χ0n) is 22.4. The summed E-state index contributed by atoms with van der Waals surface area (Å²) in [6, 6.07) is 22.3. The Morgan fingerprint density at radius 2 is 1.56 bits per heavy atom. The molecular weight excluding hydrogens is 602 g/mol. The maximum Gasteiger partial charge on any atom is 0.244 e. The molecule has 2 amide bonds. The molecule has 39 heavy (non-hydrogen) atoms. The topological polar surface area (TPSA) is 86.8 Å². The summed E-state index contributed by atoms with van der Waals surface area (Å²) < 4.78 is 27.3. The standard InChI is InChI=1S/C29H33BrClN3O4S/c1-29(2,3)32-28(36)26(18-21-11-6-5-7-12-21)33(19-22-13-10-14-23(31)17-22)27(35)20-34(39(4,37)38)25-16-9-8-15-24(25)30/h5-17,26H,18-20H2,1-4H3,(H,32,36). The first-order chi connectivity index (χ1) is 18.2. The van der Waals surface area contributed by atoms with E-state index in [1.807, 2.05) is 57.2 Å². The Labute approximate surface area is 244 Å². The molecule has 0 heterocycles. The fourth-order valence-electron chi connectivity index (χ4n) is 4.09. The van der Waals surface area contributed by atoms with Gasteiger partial charge in [-0.2, -0.15) is 0 Å². The Bertz CT molecular complexity index is 1410. The summed E-state index contributed by atoms with van der Waals surface area (Å²) in [5.41, 5.74) is 1.35. The number of benzene rings is 3. The molecule has 1 N–H and O–H groups in total. The molecule has 7 nitrogen and oxygen atoms in total. The Balaban J connectivity index is 2.09. The molecule has 0 radical (unpaired) electrons. The molecule has 3 aromatic rings. The first-order valence-corrected chi connectivity index (χ1v) is 15.4. The Morgan fingerprint density at radius 3 is 2.15 bits per heavy atom. The van der Waals surface area contributed by atoms with Gasteiger partial charge in [0, 0.05) is 28.0 Å². The number of hydrogen-bond donors (Lipinski definition) is 1. The molecule has 0 aliphatic carbocycles. The van der Waals surface area contributed by atoms with Crippen LogP contribution in [0.5, 0.6) is 0 Å². The van der Waals surface area contributed by atoms with Crippen LogP contribution in [0.15, 0.2) is 83.3 Å². The van der Waals surface area contributed by atoms with Gasteiger partial charge in [-0.1, -0.05) is 66.2 Å². The van der Waals surface area contributed by atoms with Crippen molar-refractivity contribution in [2.24, 2.45) is 0 Å². The molecule has 0 saturated heterocycles. The first kappa shape index (κ1) is 30.7. The summed E-state index contributed by atoms with van der Waals surface area (Å²) in [7, 11) is -3.85. The fourth-order valence-corrected chi connectivity index (χ4v) is 5.78. The molecule has 0 aromatic heterocycles. The lowest BCUT2D eigenvalue weighted by Gasteiger charge is -2.35. The summed E-state index contributed by atoms with van der Waals surface area (Å²) in [5.74, 6) is -0.866. The van der Waals surface area contributed by atoms with Crippen molar-refractivity contribution in [1.29, 1.82) is 0 Å². The molecule has 3 rings (SSSR count). The van der Waals surface area contributed by atoms with Crippen LogP contribution in [-0.4, -0.2) is 49.5 Å². The van der Waals surface area contributed by atoms with Crippen LogP contribution < -0.4 is 9.62 Å². The highest BCUT2D eigenvalue weighted by Gasteiger charge is 2.34. The van der Waals surface area contributed by atoms with Gasteiger partial charge in [0.15, 0.2) is 0 Å². The molecule has 0 aliphatic heterocycles. The molecule has 0 saturated carbocycles. The lowest BCUT2D eigenvalue weighted by molar-refractivity contribution is -0.140. The minimum absolute atomic E-state index is 0.0576. The van der Waals surface area contributed by atoms with E-state index in [9.17, 15) is 18.0 Å². The quantitative estimate of drug-likeness (QED) is 0.323. The van der Waals surface area contributed by atoms with Gasteiger partial charge in [-0.3, -0.25) is 13.9 Å². The predicted molar refractivity (Wildman–Crippen MR) is 160 cm³/mol. The second-order valence-corrected chi connectivity index (χ2v) is 13.5. The van der Waals surface area contributed by atoms with Crippen LogP contribution in [0, 0.1) is 0 Å². The fraction of sp³-hybridized carbons (Fsp3) is 0.310. The largest absolute Gasteiger partial charge is 0.350 e. The minimum Gasteiger partial charge on any atom is -0.350 e. The van der Waals surface area contributed by atoms with Gasteiger partial charge >= 0.3 is 0 Å². The monoisotopic (exact) mass is 633 g/mol. The number of sulfonamides is 1.